The van der Waals surface area contributed by atoms with Crippen LogP contribution < -0.4 is 5.32 Å². The highest BCUT2D eigenvalue weighted by molar-refractivity contribution is 6.12. The summed E-state index contributed by atoms with van der Waals surface area (Å²) in [5.74, 6) is 0.227. The van der Waals surface area contributed by atoms with Crippen LogP contribution in [0.3, 0.4) is 0 Å². The van der Waals surface area contributed by atoms with Gasteiger partial charge in [0.2, 0.25) is 5.95 Å². The molecule has 0 fully saturated rings. The third-order valence-electron chi connectivity index (χ3n) is 5.14. The van der Waals surface area contributed by atoms with Crippen LogP contribution in [-0.4, -0.2) is 30.2 Å². The quantitative estimate of drug-likeness (QED) is 0.496. The summed E-state index contributed by atoms with van der Waals surface area (Å²) in [5.41, 5.74) is 5.41. The lowest BCUT2D eigenvalue weighted by molar-refractivity contribution is 0.102. The highest BCUT2D eigenvalue weighted by atomic mass is 16.1. The second kappa shape index (κ2) is 6.81. The molecule has 0 saturated heterocycles. The molecule has 3 aromatic heterocycles. The van der Waals surface area contributed by atoms with Crippen molar-refractivity contribution in [2.45, 2.75) is 13.8 Å². The van der Waals surface area contributed by atoms with E-state index < -0.39 is 0 Å². The van der Waals surface area contributed by atoms with Crippen LogP contribution in [0.2, 0.25) is 0 Å². The highest BCUT2D eigenvalue weighted by Crippen LogP contribution is 2.27. The molecule has 7 heteroatoms. The number of amides is 1. The fourth-order valence-electron chi connectivity index (χ4n) is 3.87. The number of carbonyl (C=O) groups excluding carboxylic acids is 1. The molecule has 0 spiro atoms. The van der Waals surface area contributed by atoms with Gasteiger partial charge in [0.1, 0.15) is 0 Å². The molecular weight excluding hydrogens is 376 g/mol. The summed E-state index contributed by atoms with van der Waals surface area (Å²) >= 11 is 0. The average Bonchev–Trinajstić information content (AvgIpc) is 3.24. The van der Waals surface area contributed by atoms with Gasteiger partial charge in [-0.3, -0.25) is 19.4 Å². The van der Waals surface area contributed by atoms with E-state index in [0.29, 0.717) is 17.2 Å². The van der Waals surface area contributed by atoms with Gasteiger partial charge >= 0.3 is 0 Å². The van der Waals surface area contributed by atoms with Gasteiger partial charge in [-0.05, 0) is 44.2 Å². The Morgan fingerprint density at radius 1 is 0.967 bits per heavy atom. The number of anilines is 1. The first kappa shape index (κ1) is 18.1. The maximum absolute atomic E-state index is 13.4. The molecule has 0 saturated carbocycles. The van der Waals surface area contributed by atoms with Crippen molar-refractivity contribution in [3.63, 3.8) is 0 Å². The lowest BCUT2D eigenvalue weighted by Crippen LogP contribution is -2.16. The molecule has 2 aromatic carbocycles. The summed E-state index contributed by atoms with van der Waals surface area (Å²) in [6.07, 6.45) is 0. The molecule has 0 aliphatic heterocycles. The number of rotatable bonds is 3. The standard InChI is InChI=1S/C23H20N6O/c1-14-13-17(20-15(2)27-28(3)21(20)24-14)22(30)26-23-25-18-11-7-8-12-19(18)29(23)16-9-5-4-6-10-16/h4-13H,1-3H3,(H,25,26,30). The van der Waals surface area contributed by atoms with Gasteiger partial charge in [0.25, 0.3) is 5.91 Å². The Bertz CT molecular complexity index is 1410. The average molecular weight is 396 g/mol. The Morgan fingerprint density at radius 2 is 1.70 bits per heavy atom. The Morgan fingerprint density at radius 3 is 2.50 bits per heavy atom. The minimum Gasteiger partial charge on any atom is -0.291 e. The van der Waals surface area contributed by atoms with E-state index in [4.69, 9.17) is 0 Å². The van der Waals surface area contributed by atoms with Crippen molar-refractivity contribution in [3.8, 4) is 5.69 Å². The van der Waals surface area contributed by atoms with Gasteiger partial charge in [0.05, 0.1) is 27.7 Å². The topological polar surface area (TPSA) is 77.6 Å². The van der Waals surface area contributed by atoms with Crippen molar-refractivity contribution in [1.82, 2.24) is 24.3 Å². The molecule has 5 aromatic rings. The molecule has 0 unspecified atom stereocenters. The van der Waals surface area contributed by atoms with E-state index in [9.17, 15) is 4.79 Å². The number of carbonyl (C=O) groups is 1. The van der Waals surface area contributed by atoms with Gasteiger partial charge in [-0.2, -0.15) is 5.10 Å². The second-order valence-corrected chi connectivity index (χ2v) is 7.27. The van der Waals surface area contributed by atoms with Crippen molar-refractivity contribution in [2.75, 3.05) is 5.32 Å². The summed E-state index contributed by atoms with van der Waals surface area (Å²) in [5, 5.41) is 8.21. The maximum atomic E-state index is 13.4. The number of benzene rings is 2. The molecule has 7 nitrogen and oxygen atoms in total. The second-order valence-electron chi connectivity index (χ2n) is 7.27. The molecular formula is C23H20N6O. The summed E-state index contributed by atoms with van der Waals surface area (Å²) in [7, 11) is 1.83. The maximum Gasteiger partial charge on any atom is 0.258 e. The summed E-state index contributed by atoms with van der Waals surface area (Å²) < 4.78 is 3.65. The third-order valence-corrected chi connectivity index (χ3v) is 5.14. The number of imidazole rings is 1. The van der Waals surface area contributed by atoms with Gasteiger partial charge in [0, 0.05) is 18.4 Å². The van der Waals surface area contributed by atoms with Gasteiger partial charge < -0.3 is 0 Å². The SMILES string of the molecule is Cc1cc(C(=O)Nc2nc3ccccc3n2-c2ccccc2)c2c(C)nn(C)c2n1. The molecule has 0 aliphatic carbocycles. The molecule has 148 valence electrons. The normalized spacial score (nSPS) is 11.3. The summed E-state index contributed by atoms with van der Waals surface area (Å²) in [6, 6.07) is 19.5. The Kier molecular flexibility index (Phi) is 4.10. The first-order valence-corrected chi connectivity index (χ1v) is 9.68. The fraction of sp³-hybridized carbons (Fsp3) is 0.130. The summed E-state index contributed by atoms with van der Waals surface area (Å²) in [4.78, 5) is 22.6. The first-order chi connectivity index (χ1) is 14.5. The minimum atomic E-state index is -0.242. The molecule has 30 heavy (non-hydrogen) atoms. The van der Waals surface area contributed by atoms with Crippen molar-refractivity contribution in [1.29, 1.82) is 0 Å². The molecule has 1 N–H and O–H groups in total. The molecule has 0 bridgehead atoms. The van der Waals surface area contributed by atoms with Gasteiger partial charge in [-0.25, -0.2) is 9.97 Å². The summed E-state index contributed by atoms with van der Waals surface area (Å²) in [6.45, 7) is 3.76. The van der Waals surface area contributed by atoms with Crippen LogP contribution in [0.1, 0.15) is 21.7 Å². The van der Waals surface area contributed by atoms with Crippen LogP contribution in [0.5, 0.6) is 0 Å². The number of nitrogens with zero attached hydrogens (tertiary/aromatic N) is 5. The Balaban J connectivity index is 1.66. The van der Waals surface area contributed by atoms with Crippen molar-refractivity contribution in [3.05, 3.63) is 77.6 Å². The number of pyridine rings is 1. The van der Waals surface area contributed by atoms with E-state index >= 15 is 0 Å². The van der Waals surface area contributed by atoms with E-state index in [-0.39, 0.29) is 5.91 Å². The predicted molar refractivity (Wildman–Crippen MR) is 117 cm³/mol. The largest absolute Gasteiger partial charge is 0.291 e. The van der Waals surface area contributed by atoms with Gasteiger partial charge in [0.15, 0.2) is 5.65 Å². The van der Waals surface area contributed by atoms with Crippen molar-refractivity contribution in [2.24, 2.45) is 7.05 Å². The number of para-hydroxylation sites is 3. The molecule has 5 rings (SSSR count). The van der Waals surface area contributed by atoms with E-state index in [2.05, 4.69) is 20.4 Å². The lowest BCUT2D eigenvalue weighted by atomic mass is 10.1. The van der Waals surface area contributed by atoms with E-state index in [0.717, 1.165) is 33.5 Å². The molecule has 3 heterocycles. The zero-order valence-corrected chi connectivity index (χ0v) is 16.9. The van der Waals surface area contributed by atoms with E-state index in [1.807, 2.05) is 80.1 Å². The zero-order valence-electron chi connectivity index (χ0n) is 16.9. The van der Waals surface area contributed by atoms with Gasteiger partial charge in [-0.1, -0.05) is 30.3 Å². The first-order valence-electron chi connectivity index (χ1n) is 9.68. The van der Waals surface area contributed by atoms with Crippen LogP contribution in [-0.2, 0) is 7.05 Å². The van der Waals surface area contributed by atoms with Crippen molar-refractivity contribution < 1.29 is 4.79 Å². The van der Waals surface area contributed by atoms with Crippen LogP contribution >= 0.6 is 0 Å². The Labute approximate surface area is 173 Å². The van der Waals surface area contributed by atoms with Crippen LogP contribution in [0.15, 0.2) is 60.7 Å². The third kappa shape index (κ3) is 2.83. The highest BCUT2D eigenvalue weighted by Gasteiger charge is 2.20. The van der Waals surface area contributed by atoms with Crippen molar-refractivity contribution >= 4 is 33.9 Å². The van der Waals surface area contributed by atoms with E-state index in [1.165, 1.54) is 0 Å². The molecule has 0 atom stereocenters. The number of aromatic nitrogens is 5. The number of hydrogen-bond donors (Lipinski definition) is 1. The van der Waals surface area contributed by atoms with Gasteiger partial charge in [-0.15, -0.1) is 0 Å². The molecule has 0 radical (unpaired) electrons. The molecule has 1 amide bonds. The smallest absolute Gasteiger partial charge is 0.258 e. The predicted octanol–water partition coefficient (Wildman–Crippen LogP) is 4.18. The zero-order chi connectivity index (χ0) is 20.8. The lowest BCUT2D eigenvalue weighted by Gasteiger charge is -2.11. The monoisotopic (exact) mass is 396 g/mol. The number of fused-ring (bicyclic) bond motifs is 2. The number of hydrogen-bond acceptors (Lipinski definition) is 4. The molecule has 0 aliphatic rings. The Hall–Kier alpha value is -4.00. The van der Waals surface area contributed by atoms with E-state index in [1.54, 1.807) is 10.7 Å². The van der Waals surface area contributed by atoms with Crippen LogP contribution in [0.4, 0.5) is 5.95 Å². The van der Waals surface area contributed by atoms with Crippen LogP contribution in [0, 0.1) is 13.8 Å². The number of nitrogens with one attached hydrogen (secondary N) is 1. The number of aryl methyl sites for hydroxylation is 3. The van der Waals surface area contributed by atoms with Crippen LogP contribution in [0.25, 0.3) is 27.8 Å². The minimum absolute atomic E-state index is 0.242. The fourth-order valence-corrected chi connectivity index (χ4v) is 3.87.